The summed E-state index contributed by atoms with van der Waals surface area (Å²) in [6.07, 6.45) is 4.53. The van der Waals surface area contributed by atoms with Gasteiger partial charge in [0.1, 0.15) is 0 Å². The Bertz CT molecular complexity index is 635. The van der Waals surface area contributed by atoms with E-state index in [9.17, 15) is 9.59 Å². The minimum atomic E-state index is -0.211. The van der Waals surface area contributed by atoms with E-state index in [0.29, 0.717) is 41.6 Å². The topological polar surface area (TPSA) is 67.9 Å². The van der Waals surface area contributed by atoms with Gasteiger partial charge in [0.25, 0.3) is 5.91 Å². The number of likely N-dealkylation sites (tertiary alicyclic amines) is 1. The molecule has 1 saturated heterocycles. The summed E-state index contributed by atoms with van der Waals surface area (Å²) in [7, 11) is 0. The average molecular weight is 353 g/mol. The van der Waals surface area contributed by atoms with Crippen molar-refractivity contribution in [3.05, 3.63) is 22.7 Å². The largest absolute Gasteiger partial charge is 0.454 e. The van der Waals surface area contributed by atoms with Gasteiger partial charge < -0.3 is 19.7 Å². The van der Waals surface area contributed by atoms with Gasteiger partial charge in [-0.3, -0.25) is 9.59 Å². The van der Waals surface area contributed by atoms with Crippen LogP contribution in [0.5, 0.6) is 11.5 Å². The van der Waals surface area contributed by atoms with Crippen LogP contribution in [0.25, 0.3) is 0 Å². The zero-order valence-corrected chi connectivity index (χ0v) is 14.2. The first-order chi connectivity index (χ1) is 11.6. The number of fused-ring (bicyclic) bond motifs is 1. The summed E-state index contributed by atoms with van der Waals surface area (Å²) in [5, 5.41) is 3.22. The lowest BCUT2D eigenvalue weighted by molar-refractivity contribution is -0.130. The summed E-state index contributed by atoms with van der Waals surface area (Å²) >= 11 is 6.08. The number of amides is 2. The minimum absolute atomic E-state index is 0.115. The van der Waals surface area contributed by atoms with Crippen molar-refractivity contribution in [3.63, 3.8) is 0 Å². The van der Waals surface area contributed by atoms with Gasteiger partial charge in [-0.05, 0) is 31.4 Å². The zero-order chi connectivity index (χ0) is 16.9. The number of halogens is 1. The molecule has 2 aliphatic rings. The molecule has 0 unspecified atom stereocenters. The molecular weight excluding hydrogens is 332 g/mol. The summed E-state index contributed by atoms with van der Waals surface area (Å²) in [6.45, 7) is 2.13. The second-order valence-electron chi connectivity index (χ2n) is 5.99. The molecule has 1 aromatic carbocycles. The Kier molecular flexibility index (Phi) is 5.45. The van der Waals surface area contributed by atoms with Crippen LogP contribution in [0.4, 0.5) is 0 Å². The van der Waals surface area contributed by atoms with E-state index in [0.717, 1.165) is 32.2 Å². The number of hydrogen-bond acceptors (Lipinski definition) is 4. The van der Waals surface area contributed by atoms with Gasteiger partial charge in [0.15, 0.2) is 11.5 Å². The van der Waals surface area contributed by atoms with Crippen molar-refractivity contribution in [1.82, 2.24) is 10.2 Å². The van der Waals surface area contributed by atoms with Gasteiger partial charge in [0.2, 0.25) is 12.7 Å². The lowest BCUT2D eigenvalue weighted by Crippen LogP contribution is -2.34. The van der Waals surface area contributed by atoms with E-state index in [-0.39, 0.29) is 18.6 Å². The van der Waals surface area contributed by atoms with Crippen LogP contribution < -0.4 is 14.8 Å². The van der Waals surface area contributed by atoms with E-state index in [1.54, 1.807) is 12.1 Å². The van der Waals surface area contributed by atoms with E-state index in [4.69, 9.17) is 21.1 Å². The van der Waals surface area contributed by atoms with Crippen molar-refractivity contribution >= 4 is 23.4 Å². The molecule has 2 amide bonds. The number of hydrogen-bond donors (Lipinski definition) is 1. The average Bonchev–Trinajstić information content (AvgIpc) is 2.96. The minimum Gasteiger partial charge on any atom is -0.454 e. The monoisotopic (exact) mass is 352 g/mol. The second kappa shape index (κ2) is 7.75. The van der Waals surface area contributed by atoms with Gasteiger partial charge in [-0.2, -0.15) is 0 Å². The van der Waals surface area contributed by atoms with Crippen LogP contribution in [0.15, 0.2) is 12.1 Å². The standard InChI is InChI=1S/C17H21ClN2O4/c18-13-9-12(10-14-16(13)24-11-23-14)17(22)19-6-4-8-20-7-3-1-2-5-15(20)21/h9-10H,1-8,11H2,(H,19,22). The molecule has 0 bridgehead atoms. The Morgan fingerprint density at radius 1 is 1.25 bits per heavy atom. The highest BCUT2D eigenvalue weighted by Gasteiger charge is 2.21. The lowest BCUT2D eigenvalue weighted by atomic mass is 10.2. The predicted octanol–water partition coefficient (Wildman–Crippen LogP) is 2.59. The van der Waals surface area contributed by atoms with Gasteiger partial charge in [0.05, 0.1) is 5.02 Å². The van der Waals surface area contributed by atoms with Gasteiger partial charge in [-0.25, -0.2) is 0 Å². The fourth-order valence-corrected chi connectivity index (χ4v) is 3.21. The summed E-state index contributed by atoms with van der Waals surface area (Å²) in [5.41, 5.74) is 0.440. The van der Waals surface area contributed by atoms with Gasteiger partial charge in [-0.15, -0.1) is 0 Å². The Hall–Kier alpha value is -1.95. The van der Waals surface area contributed by atoms with Crippen LogP contribution in [0.2, 0.25) is 5.02 Å². The van der Waals surface area contributed by atoms with Crippen molar-refractivity contribution < 1.29 is 19.1 Å². The van der Waals surface area contributed by atoms with Gasteiger partial charge in [-0.1, -0.05) is 18.0 Å². The quantitative estimate of drug-likeness (QED) is 0.827. The first-order valence-corrected chi connectivity index (χ1v) is 8.68. The summed E-state index contributed by atoms with van der Waals surface area (Å²) in [4.78, 5) is 26.0. The van der Waals surface area contributed by atoms with Crippen molar-refractivity contribution in [2.24, 2.45) is 0 Å². The highest BCUT2D eigenvalue weighted by atomic mass is 35.5. The third-order valence-electron chi connectivity index (χ3n) is 4.25. The molecule has 24 heavy (non-hydrogen) atoms. The smallest absolute Gasteiger partial charge is 0.251 e. The molecule has 1 N–H and O–H groups in total. The number of nitrogens with zero attached hydrogens (tertiary/aromatic N) is 1. The molecule has 2 aliphatic heterocycles. The molecule has 0 aromatic heterocycles. The molecule has 0 radical (unpaired) electrons. The highest BCUT2D eigenvalue weighted by molar-refractivity contribution is 6.32. The molecule has 0 atom stereocenters. The Morgan fingerprint density at radius 2 is 2.12 bits per heavy atom. The highest BCUT2D eigenvalue weighted by Crippen LogP contribution is 2.39. The molecule has 0 saturated carbocycles. The third kappa shape index (κ3) is 3.93. The maximum absolute atomic E-state index is 12.2. The normalized spacial score (nSPS) is 16.9. The summed E-state index contributed by atoms with van der Waals surface area (Å²) < 4.78 is 10.5. The van der Waals surface area contributed by atoms with Crippen molar-refractivity contribution in [1.29, 1.82) is 0 Å². The first kappa shape index (κ1) is 16.9. The first-order valence-electron chi connectivity index (χ1n) is 8.30. The number of carbonyl (C=O) groups excluding carboxylic acids is 2. The van der Waals surface area contributed by atoms with Crippen LogP contribution in [-0.4, -0.2) is 43.1 Å². The molecule has 1 aromatic rings. The number of benzene rings is 1. The van der Waals surface area contributed by atoms with E-state index < -0.39 is 0 Å². The second-order valence-corrected chi connectivity index (χ2v) is 6.40. The molecule has 7 heteroatoms. The zero-order valence-electron chi connectivity index (χ0n) is 13.5. The fraction of sp³-hybridized carbons (Fsp3) is 0.529. The van der Waals surface area contributed by atoms with Crippen LogP contribution in [-0.2, 0) is 4.79 Å². The summed E-state index contributed by atoms with van der Waals surface area (Å²) in [5.74, 6) is 0.981. The van der Waals surface area contributed by atoms with Crippen LogP contribution in [0.1, 0.15) is 42.5 Å². The number of nitrogens with one attached hydrogen (secondary N) is 1. The Balaban J connectivity index is 1.47. The maximum atomic E-state index is 12.2. The molecule has 6 nitrogen and oxygen atoms in total. The van der Waals surface area contributed by atoms with Gasteiger partial charge >= 0.3 is 0 Å². The maximum Gasteiger partial charge on any atom is 0.251 e. The van der Waals surface area contributed by atoms with E-state index in [1.165, 1.54) is 0 Å². The molecule has 130 valence electrons. The Morgan fingerprint density at radius 3 is 3.00 bits per heavy atom. The van der Waals surface area contributed by atoms with Crippen LogP contribution in [0.3, 0.4) is 0 Å². The molecule has 0 spiro atoms. The van der Waals surface area contributed by atoms with E-state index in [1.807, 2.05) is 4.90 Å². The molecule has 3 rings (SSSR count). The third-order valence-corrected chi connectivity index (χ3v) is 4.53. The molecule has 1 fully saturated rings. The van der Waals surface area contributed by atoms with Crippen LogP contribution in [0, 0.1) is 0 Å². The van der Waals surface area contributed by atoms with Crippen LogP contribution >= 0.6 is 11.6 Å². The van der Waals surface area contributed by atoms with Crippen molar-refractivity contribution in [2.45, 2.75) is 32.1 Å². The number of carbonyl (C=O) groups is 2. The van der Waals surface area contributed by atoms with Crippen molar-refractivity contribution in [2.75, 3.05) is 26.4 Å². The Labute approximate surface area is 146 Å². The predicted molar refractivity (Wildman–Crippen MR) is 89.6 cm³/mol. The van der Waals surface area contributed by atoms with E-state index in [2.05, 4.69) is 5.32 Å². The SMILES string of the molecule is O=C(NCCCN1CCCCCC1=O)c1cc(Cl)c2c(c1)OCO2. The fourth-order valence-electron chi connectivity index (χ4n) is 2.95. The molecule has 2 heterocycles. The number of rotatable bonds is 5. The molecular formula is C17H21ClN2O4. The van der Waals surface area contributed by atoms with Gasteiger partial charge in [0, 0.05) is 31.6 Å². The summed E-state index contributed by atoms with van der Waals surface area (Å²) in [6, 6.07) is 3.20. The van der Waals surface area contributed by atoms with Crippen molar-refractivity contribution in [3.8, 4) is 11.5 Å². The lowest BCUT2D eigenvalue weighted by Gasteiger charge is -2.20. The van der Waals surface area contributed by atoms with E-state index >= 15 is 0 Å². The number of ether oxygens (including phenoxy) is 2. The molecule has 0 aliphatic carbocycles.